The molecule has 1 atom stereocenters. The molecule has 140 valence electrons. The topological polar surface area (TPSA) is 96.5 Å². The molecule has 1 N–H and O–H groups in total. The molecule has 7 nitrogen and oxygen atoms in total. The second kappa shape index (κ2) is 6.94. The molecular weight excluding hydrogens is 382 g/mol. The molecule has 1 aliphatic heterocycles. The van der Waals surface area contributed by atoms with Gasteiger partial charge in [-0.05, 0) is 48.9 Å². The van der Waals surface area contributed by atoms with E-state index < -0.39 is 17.7 Å². The van der Waals surface area contributed by atoms with Gasteiger partial charge in [-0.25, -0.2) is 0 Å². The number of carbonyl (C=O) groups is 2. The molecule has 3 aromatic rings. The molecule has 0 radical (unpaired) electrons. The predicted octanol–water partition coefficient (Wildman–Crippen LogP) is 3.66. The van der Waals surface area contributed by atoms with Crippen LogP contribution in [-0.2, 0) is 9.59 Å². The van der Waals surface area contributed by atoms with Gasteiger partial charge in [0.1, 0.15) is 11.5 Å². The number of aromatic nitrogens is 2. The van der Waals surface area contributed by atoms with Crippen LogP contribution in [0, 0.1) is 6.92 Å². The van der Waals surface area contributed by atoms with E-state index in [1.54, 1.807) is 61.8 Å². The first-order valence-electron chi connectivity index (χ1n) is 8.37. The maximum atomic E-state index is 12.9. The van der Waals surface area contributed by atoms with Gasteiger partial charge in [0, 0.05) is 29.0 Å². The molecule has 0 aliphatic carbocycles. The summed E-state index contributed by atoms with van der Waals surface area (Å²) in [6.07, 6.45) is 3.09. The van der Waals surface area contributed by atoms with Crippen LogP contribution in [0.3, 0.4) is 0 Å². The van der Waals surface area contributed by atoms with Crippen molar-refractivity contribution in [1.82, 2.24) is 10.1 Å². The highest BCUT2D eigenvalue weighted by atomic mass is 35.5. The van der Waals surface area contributed by atoms with Gasteiger partial charge in [-0.15, -0.1) is 0 Å². The summed E-state index contributed by atoms with van der Waals surface area (Å²) in [6.45, 7) is 1.68. The summed E-state index contributed by atoms with van der Waals surface area (Å²) in [5.74, 6) is -1.22. The van der Waals surface area contributed by atoms with Crippen molar-refractivity contribution in [3.05, 3.63) is 82.3 Å². The number of aliphatic hydroxyl groups excluding tert-OH is 1. The highest BCUT2D eigenvalue weighted by molar-refractivity contribution is 6.51. The van der Waals surface area contributed by atoms with E-state index in [0.29, 0.717) is 21.9 Å². The lowest BCUT2D eigenvalue weighted by Crippen LogP contribution is -2.29. The molecule has 1 amide bonds. The van der Waals surface area contributed by atoms with Crippen molar-refractivity contribution in [2.45, 2.75) is 13.0 Å². The minimum Gasteiger partial charge on any atom is -0.507 e. The van der Waals surface area contributed by atoms with Crippen molar-refractivity contribution < 1.29 is 19.2 Å². The summed E-state index contributed by atoms with van der Waals surface area (Å²) in [5.41, 5.74) is 0.933. The number of ketones is 1. The fraction of sp³-hybridized carbons (Fsp3) is 0.100. The molecule has 3 heterocycles. The summed E-state index contributed by atoms with van der Waals surface area (Å²) in [6, 6.07) is 10.4. The van der Waals surface area contributed by atoms with Crippen molar-refractivity contribution in [3.63, 3.8) is 0 Å². The molecule has 1 fully saturated rings. The van der Waals surface area contributed by atoms with Crippen LogP contribution in [-0.4, -0.2) is 26.9 Å². The Balaban J connectivity index is 1.93. The monoisotopic (exact) mass is 395 g/mol. The Morgan fingerprint density at radius 1 is 1.14 bits per heavy atom. The molecule has 8 heteroatoms. The maximum Gasteiger partial charge on any atom is 0.301 e. The molecule has 1 saturated heterocycles. The SMILES string of the molecule is Cc1cc(N2C(=O)C(=O)C(=C(O)c3ccc(Cl)cc3)C2c2ccncc2)no1. The van der Waals surface area contributed by atoms with Gasteiger partial charge >= 0.3 is 5.91 Å². The average molecular weight is 396 g/mol. The first kappa shape index (κ1) is 17.9. The van der Waals surface area contributed by atoms with E-state index in [-0.39, 0.29) is 17.2 Å². The van der Waals surface area contributed by atoms with E-state index in [1.165, 1.54) is 4.90 Å². The fourth-order valence-electron chi connectivity index (χ4n) is 3.16. The molecule has 2 aromatic heterocycles. The maximum absolute atomic E-state index is 12.9. The zero-order valence-electron chi connectivity index (χ0n) is 14.7. The third kappa shape index (κ3) is 2.95. The summed E-state index contributed by atoms with van der Waals surface area (Å²) < 4.78 is 5.08. The second-order valence-corrected chi connectivity index (χ2v) is 6.69. The van der Waals surface area contributed by atoms with Crippen molar-refractivity contribution in [3.8, 4) is 0 Å². The third-order valence-corrected chi connectivity index (χ3v) is 4.70. The van der Waals surface area contributed by atoms with E-state index >= 15 is 0 Å². The first-order valence-corrected chi connectivity index (χ1v) is 8.75. The van der Waals surface area contributed by atoms with E-state index in [9.17, 15) is 14.7 Å². The molecule has 0 saturated carbocycles. The van der Waals surface area contributed by atoms with Crippen LogP contribution in [0.2, 0.25) is 5.02 Å². The van der Waals surface area contributed by atoms with Crippen molar-refractivity contribution in [2.75, 3.05) is 4.90 Å². The largest absolute Gasteiger partial charge is 0.507 e. The van der Waals surface area contributed by atoms with E-state index in [4.69, 9.17) is 16.1 Å². The molecule has 1 aliphatic rings. The molecule has 4 rings (SSSR count). The number of nitrogens with zero attached hydrogens (tertiary/aromatic N) is 3. The normalized spacial score (nSPS) is 18.6. The van der Waals surface area contributed by atoms with Gasteiger partial charge in [0.05, 0.1) is 11.6 Å². The van der Waals surface area contributed by atoms with E-state index in [1.807, 2.05) is 0 Å². The van der Waals surface area contributed by atoms with Crippen molar-refractivity contribution >= 4 is 34.9 Å². The van der Waals surface area contributed by atoms with Gasteiger partial charge in [0.15, 0.2) is 5.82 Å². The molecule has 0 spiro atoms. The molecule has 1 aromatic carbocycles. The number of aryl methyl sites for hydroxylation is 1. The van der Waals surface area contributed by atoms with Gasteiger partial charge in [-0.1, -0.05) is 16.8 Å². The number of Topliss-reactive ketones (excluding diaryl/α,β-unsaturated/α-hetero) is 1. The molecule has 1 unspecified atom stereocenters. The zero-order chi connectivity index (χ0) is 19.8. The van der Waals surface area contributed by atoms with Gasteiger partial charge in [-0.3, -0.25) is 19.5 Å². The summed E-state index contributed by atoms with van der Waals surface area (Å²) in [5, 5.41) is 15.2. The van der Waals surface area contributed by atoms with E-state index in [2.05, 4.69) is 10.1 Å². The van der Waals surface area contributed by atoms with Gasteiger partial charge < -0.3 is 9.63 Å². The first-order chi connectivity index (χ1) is 13.5. The summed E-state index contributed by atoms with van der Waals surface area (Å²) in [7, 11) is 0. The van der Waals surface area contributed by atoms with Crippen LogP contribution in [0.25, 0.3) is 5.76 Å². The minimum atomic E-state index is -0.872. The standard InChI is InChI=1S/C20H14ClN3O4/c1-11-10-15(23-28-11)24-17(12-6-8-22-9-7-12)16(19(26)20(24)27)18(25)13-2-4-14(21)5-3-13/h2-10,17,25H,1H3. The second-order valence-electron chi connectivity index (χ2n) is 6.25. The number of hydrogen-bond donors (Lipinski definition) is 1. The number of halogens is 1. The molecule has 0 bridgehead atoms. The smallest absolute Gasteiger partial charge is 0.301 e. The van der Waals surface area contributed by atoms with Gasteiger partial charge in [0.2, 0.25) is 0 Å². The third-order valence-electron chi connectivity index (χ3n) is 4.45. The Labute approximate surface area is 164 Å². The Bertz CT molecular complexity index is 1090. The number of benzene rings is 1. The Hall–Kier alpha value is -3.45. The number of amides is 1. The summed E-state index contributed by atoms with van der Waals surface area (Å²) in [4.78, 5) is 30.9. The van der Waals surface area contributed by atoms with Crippen LogP contribution in [0.4, 0.5) is 5.82 Å². The number of hydrogen-bond acceptors (Lipinski definition) is 6. The Morgan fingerprint density at radius 2 is 1.82 bits per heavy atom. The van der Waals surface area contributed by atoms with Crippen LogP contribution < -0.4 is 4.90 Å². The Kier molecular flexibility index (Phi) is 4.44. The van der Waals surface area contributed by atoms with Crippen LogP contribution >= 0.6 is 11.6 Å². The van der Waals surface area contributed by atoms with Crippen LogP contribution in [0.15, 0.2) is 65.0 Å². The van der Waals surface area contributed by atoms with Crippen LogP contribution in [0.1, 0.15) is 22.9 Å². The number of pyridine rings is 1. The van der Waals surface area contributed by atoms with Gasteiger partial charge in [-0.2, -0.15) is 0 Å². The number of carbonyl (C=O) groups excluding carboxylic acids is 2. The van der Waals surface area contributed by atoms with E-state index in [0.717, 1.165) is 0 Å². The minimum absolute atomic E-state index is 0.0424. The van der Waals surface area contributed by atoms with Crippen LogP contribution in [0.5, 0.6) is 0 Å². The summed E-state index contributed by atoms with van der Waals surface area (Å²) >= 11 is 5.91. The predicted molar refractivity (Wildman–Crippen MR) is 102 cm³/mol. The average Bonchev–Trinajstić information content (AvgIpc) is 3.24. The fourth-order valence-corrected chi connectivity index (χ4v) is 3.29. The number of anilines is 1. The zero-order valence-corrected chi connectivity index (χ0v) is 15.4. The Morgan fingerprint density at radius 3 is 2.43 bits per heavy atom. The lowest BCUT2D eigenvalue weighted by molar-refractivity contribution is -0.132. The lowest BCUT2D eigenvalue weighted by atomic mass is 9.96. The quantitative estimate of drug-likeness (QED) is 0.413. The number of rotatable bonds is 3. The molecular formula is C20H14ClN3O4. The highest BCUT2D eigenvalue weighted by Crippen LogP contribution is 2.41. The van der Waals surface area contributed by atoms with Crippen molar-refractivity contribution in [2.24, 2.45) is 0 Å². The number of aliphatic hydroxyl groups is 1. The molecule has 28 heavy (non-hydrogen) atoms. The van der Waals surface area contributed by atoms with Crippen molar-refractivity contribution in [1.29, 1.82) is 0 Å². The van der Waals surface area contributed by atoms with Gasteiger partial charge in [0.25, 0.3) is 5.78 Å². The lowest BCUT2D eigenvalue weighted by Gasteiger charge is -2.22. The highest BCUT2D eigenvalue weighted by Gasteiger charge is 2.48.